The quantitative estimate of drug-likeness (QED) is 0.280. The molecule has 1 saturated heterocycles. The van der Waals surface area contributed by atoms with Gasteiger partial charge in [-0.25, -0.2) is 5.84 Å². The van der Waals surface area contributed by atoms with Crippen molar-refractivity contribution < 1.29 is 14.4 Å². The normalized spacial score (nSPS) is 17.9. The number of rotatable bonds is 5. The number of amides is 3. The molecule has 3 N–H and O–H groups in total. The largest absolute Gasteiger partial charge is 0.333 e. The summed E-state index contributed by atoms with van der Waals surface area (Å²) in [6.07, 6.45) is 0.737. The van der Waals surface area contributed by atoms with E-state index in [9.17, 15) is 14.4 Å². The van der Waals surface area contributed by atoms with Crippen molar-refractivity contribution in [1.82, 2.24) is 15.2 Å². The van der Waals surface area contributed by atoms with Crippen molar-refractivity contribution in [3.8, 4) is 0 Å². The Labute approximate surface area is 106 Å². The first-order chi connectivity index (χ1) is 8.51. The van der Waals surface area contributed by atoms with Crippen molar-refractivity contribution in [2.75, 3.05) is 19.6 Å². The lowest BCUT2D eigenvalue weighted by Gasteiger charge is -2.36. The molecule has 7 heteroatoms. The summed E-state index contributed by atoms with van der Waals surface area (Å²) in [7, 11) is 0. The lowest BCUT2D eigenvalue weighted by atomic mass is 10.1. The molecule has 102 valence electrons. The number of likely N-dealkylation sites (N-methyl/N-ethyl adjacent to an activating group) is 1. The van der Waals surface area contributed by atoms with E-state index in [0.29, 0.717) is 26.1 Å². The molecule has 7 nitrogen and oxygen atoms in total. The fraction of sp³-hybridized carbons (Fsp3) is 0.727. The first-order valence-corrected chi connectivity index (χ1v) is 6.10. The van der Waals surface area contributed by atoms with Gasteiger partial charge in [-0.2, -0.15) is 0 Å². The molecule has 1 rings (SSSR count). The van der Waals surface area contributed by atoms with E-state index in [2.05, 4.69) is 0 Å². The van der Waals surface area contributed by atoms with Gasteiger partial charge in [0.2, 0.25) is 5.91 Å². The van der Waals surface area contributed by atoms with Crippen LogP contribution in [0.5, 0.6) is 0 Å². The molecule has 0 aromatic heterocycles. The van der Waals surface area contributed by atoms with Gasteiger partial charge in [-0.15, -0.1) is 0 Å². The SMILES string of the molecule is CCN1CCN(C(C)CCC(=O)NN)C(=O)C1=O. The third-order valence-corrected chi connectivity index (χ3v) is 3.21. The Morgan fingerprint density at radius 1 is 1.39 bits per heavy atom. The highest BCUT2D eigenvalue weighted by Gasteiger charge is 2.33. The summed E-state index contributed by atoms with van der Waals surface area (Å²) in [5.41, 5.74) is 2.04. The van der Waals surface area contributed by atoms with Crippen molar-refractivity contribution in [3.63, 3.8) is 0 Å². The molecule has 0 saturated carbocycles. The number of carbonyl (C=O) groups is 3. The van der Waals surface area contributed by atoms with Gasteiger partial charge in [0, 0.05) is 32.1 Å². The molecule has 0 radical (unpaired) electrons. The first kappa shape index (κ1) is 14.4. The van der Waals surface area contributed by atoms with Crippen molar-refractivity contribution in [3.05, 3.63) is 0 Å². The molecule has 0 aromatic carbocycles. The third-order valence-electron chi connectivity index (χ3n) is 3.21. The topological polar surface area (TPSA) is 95.7 Å². The molecule has 0 bridgehead atoms. The zero-order chi connectivity index (χ0) is 13.7. The highest BCUT2D eigenvalue weighted by atomic mass is 16.2. The van der Waals surface area contributed by atoms with Gasteiger partial charge in [0.15, 0.2) is 0 Å². The standard InChI is InChI=1S/C11H20N4O3/c1-3-14-6-7-15(11(18)10(14)17)8(2)4-5-9(16)13-12/h8H,3-7,12H2,1-2H3,(H,13,16). The van der Waals surface area contributed by atoms with Crippen LogP contribution in [-0.2, 0) is 14.4 Å². The summed E-state index contributed by atoms with van der Waals surface area (Å²) in [6, 6.07) is -0.141. The van der Waals surface area contributed by atoms with Crippen LogP contribution in [0.1, 0.15) is 26.7 Å². The second kappa shape index (κ2) is 6.34. The van der Waals surface area contributed by atoms with Crippen LogP contribution in [-0.4, -0.2) is 53.2 Å². The van der Waals surface area contributed by atoms with Gasteiger partial charge < -0.3 is 9.80 Å². The second-order valence-electron chi connectivity index (χ2n) is 4.34. The number of hydrogen-bond acceptors (Lipinski definition) is 4. The number of nitrogens with zero attached hydrogens (tertiary/aromatic N) is 2. The smallest absolute Gasteiger partial charge is 0.312 e. The van der Waals surface area contributed by atoms with Crippen LogP contribution in [0.3, 0.4) is 0 Å². The molecule has 1 heterocycles. The molecular weight excluding hydrogens is 236 g/mol. The third kappa shape index (κ3) is 3.19. The van der Waals surface area contributed by atoms with Gasteiger partial charge >= 0.3 is 11.8 Å². The summed E-state index contributed by atoms with van der Waals surface area (Å²) in [4.78, 5) is 37.6. The molecule has 1 unspecified atom stereocenters. The second-order valence-corrected chi connectivity index (χ2v) is 4.34. The van der Waals surface area contributed by atoms with Crippen LogP contribution in [0.2, 0.25) is 0 Å². The van der Waals surface area contributed by atoms with E-state index < -0.39 is 11.8 Å². The van der Waals surface area contributed by atoms with E-state index in [0.717, 1.165) is 0 Å². The highest BCUT2D eigenvalue weighted by molar-refractivity contribution is 6.35. The maximum atomic E-state index is 11.9. The van der Waals surface area contributed by atoms with Gasteiger partial charge in [0.05, 0.1) is 0 Å². The average molecular weight is 256 g/mol. The van der Waals surface area contributed by atoms with E-state index in [-0.39, 0.29) is 18.4 Å². The van der Waals surface area contributed by atoms with Gasteiger partial charge in [-0.3, -0.25) is 19.8 Å². The Bertz CT molecular complexity index is 345. The average Bonchev–Trinajstić information content (AvgIpc) is 2.38. The Kier molecular flexibility index (Phi) is 5.08. The van der Waals surface area contributed by atoms with E-state index in [1.807, 2.05) is 19.3 Å². The number of nitrogens with one attached hydrogen (secondary N) is 1. The van der Waals surface area contributed by atoms with E-state index in [4.69, 9.17) is 5.84 Å². The molecule has 18 heavy (non-hydrogen) atoms. The summed E-state index contributed by atoms with van der Waals surface area (Å²) >= 11 is 0. The summed E-state index contributed by atoms with van der Waals surface area (Å²) < 4.78 is 0. The molecule has 0 spiro atoms. The van der Waals surface area contributed by atoms with Crippen LogP contribution in [0.4, 0.5) is 0 Å². The Hall–Kier alpha value is -1.63. The van der Waals surface area contributed by atoms with E-state index >= 15 is 0 Å². The minimum absolute atomic E-state index is 0.141. The van der Waals surface area contributed by atoms with Crippen molar-refractivity contribution in [2.24, 2.45) is 5.84 Å². The van der Waals surface area contributed by atoms with Crippen LogP contribution < -0.4 is 11.3 Å². The minimum atomic E-state index is -0.483. The summed E-state index contributed by atoms with van der Waals surface area (Å²) in [5, 5.41) is 0. The zero-order valence-electron chi connectivity index (χ0n) is 10.8. The molecule has 0 aliphatic carbocycles. The summed E-state index contributed by atoms with van der Waals surface area (Å²) in [6.45, 7) is 5.28. The monoisotopic (exact) mass is 256 g/mol. The summed E-state index contributed by atoms with van der Waals surface area (Å²) in [5.74, 6) is 3.77. The number of nitrogens with two attached hydrogens (primary N) is 1. The minimum Gasteiger partial charge on any atom is -0.333 e. The van der Waals surface area contributed by atoms with Crippen LogP contribution in [0, 0.1) is 0 Å². The van der Waals surface area contributed by atoms with E-state index in [1.165, 1.54) is 9.80 Å². The van der Waals surface area contributed by atoms with Crippen LogP contribution in [0.25, 0.3) is 0 Å². The molecular formula is C11H20N4O3. The molecule has 1 aliphatic rings. The van der Waals surface area contributed by atoms with Gasteiger partial charge in [-0.1, -0.05) is 0 Å². The number of carbonyl (C=O) groups excluding carboxylic acids is 3. The molecule has 1 aliphatic heterocycles. The Morgan fingerprint density at radius 3 is 2.61 bits per heavy atom. The van der Waals surface area contributed by atoms with E-state index in [1.54, 1.807) is 0 Å². The Balaban J connectivity index is 2.54. The van der Waals surface area contributed by atoms with Crippen molar-refractivity contribution >= 4 is 17.7 Å². The number of hydrazine groups is 1. The lowest BCUT2D eigenvalue weighted by molar-refractivity contribution is -0.157. The number of piperazine rings is 1. The Morgan fingerprint density at radius 2 is 2.06 bits per heavy atom. The van der Waals surface area contributed by atoms with Crippen molar-refractivity contribution in [1.29, 1.82) is 0 Å². The fourth-order valence-electron chi connectivity index (χ4n) is 1.98. The van der Waals surface area contributed by atoms with Gasteiger partial charge in [-0.05, 0) is 20.3 Å². The maximum absolute atomic E-state index is 11.9. The van der Waals surface area contributed by atoms with Crippen LogP contribution >= 0.6 is 0 Å². The highest BCUT2D eigenvalue weighted by Crippen LogP contribution is 2.12. The van der Waals surface area contributed by atoms with Crippen molar-refractivity contribution in [2.45, 2.75) is 32.7 Å². The molecule has 1 atom stereocenters. The van der Waals surface area contributed by atoms with Gasteiger partial charge in [0.25, 0.3) is 0 Å². The predicted molar refractivity (Wildman–Crippen MR) is 65.0 cm³/mol. The molecule has 3 amide bonds. The first-order valence-electron chi connectivity index (χ1n) is 6.10. The predicted octanol–water partition coefficient (Wildman–Crippen LogP) is -1.16. The van der Waals surface area contributed by atoms with Gasteiger partial charge in [0.1, 0.15) is 0 Å². The maximum Gasteiger partial charge on any atom is 0.312 e. The number of hydrogen-bond donors (Lipinski definition) is 2. The molecule has 1 fully saturated rings. The zero-order valence-corrected chi connectivity index (χ0v) is 10.8. The van der Waals surface area contributed by atoms with Crippen LogP contribution in [0.15, 0.2) is 0 Å². The molecule has 0 aromatic rings. The fourth-order valence-corrected chi connectivity index (χ4v) is 1.98. The lowest BCUT2D eigenvalue weighted by Crippen LogP contribution is -2.56.